The summed E-state index contributed by atoms with van der Waals surface area (Å²) in [6.45, 7) is -0.373. The van der Waals surface area contributed by atoms with Crippen LogP contribution in [-0.2, 0) is 14.6 Å². The van der Waals surface area contributed by atoms with Crippen molar-refractivity contribution in [2.75, 3.05) is 12.4 Å². The van der Waals surface area contributed by atoms with E-state index in [1.54, 1.807) is 0 Å². The molecule has 10 heteroatoms. The van der Waals surface area contributed by atoms with Gasteiger partial charge in [-0.25, -0.2) is 18.2 Å². The molecule has 2 rings (SSSR count). The summed E-state index contributed by atoms with van der Waals surface area (Å²) in [6.07, 6.45) is 0.854. The van der Waals surface area contributed by atoms with E-state index in [-0.39, 0.29) is 22.9 Å². The molecule has 1 aromatic carbocycles. The minimum atomic E-state index is -3.82. The Morgan fingerprint density at radius 2 is 1.88 bits per heavy atom. The van der Waals surface area contributed by atoms with Gasteiger partial charge in [0.1, 0.15) is 12.8 Å². The molecule has 8 nitrogen and oxygen atoms in total. The predicted molar refractivity (Wildman–Crippen MR) is 84.7 cm³/mol. The quantitative estimate of drug-likeness (QED) is 0.435. The highest BCUT2D eigenvalue weighted by Crippen LogP contribution is 2.14. The van der Waals surface area contributed by atoms with E-state index >= 15 is 0 Å². The standard InChI is InChI=1S/C14H11ClN2O6S/c15-11-3-1-10(2-4-11)14(18)23-7-8-24(21,22)13-6-5-12(9-16-13)17(19)20/h1-6,9H,7-8H2. The number of carbonyl (C=O) groups excluding carboxylic acids is 1. The number of nitro groups is 1. The summed E-state index contributed by atoms with van der Waals surface area (Å²) in [5.41, 5.74) is -0.0756. The summed E-state index contributed by atoms with van der Waals surface area (Å²) in [6, 6.07) is 8.01. The molecule has 0 fully saturated rings. The molecule has 1 heterocycles. The van der Waals surface area contributed by atoms with Gasteiger partial charge in [-0.05, 0) is 30.3 Å². The average Bonchev–Trinajstić information content (AvgIpc) is 2.55. The first-order valence-corrected chi connectivity index (χ1v) is 8.58. The molecule has 24 heavy (non-hydrogen) atoms. The lowest BCUT2D eigenvalue weighted by Crippen LogP contribution is -2.16. The van der Waals surface area contributed by atoms with E-state index in [1.165, 1.54) is 24.3 Å². The first-order chi connectivity index (χ1) is 11.3. The molecule has 2 aromatic rings. The van der Waals surface area contributed by atoms with Gasteiger partial charge in [0.05, 0.1) is 16.2 Å². The maximum absolute atomic E-state index is 12.0. The van der Waals surface area contributed by atoms with Gasteiger partial charge in [-0.2, -0.15) is 0 Å². The molecule has 0 radical (unpaired) electrons. The second-order valence-electron chi connectivity index (χ2n) is 4.57. The molecule has 0 N–H and O–H groups in total. The lowest BCUT2D eigenvalue weighted by molar-refractivity contribution is -0.385. The highest BCUT2D eigenvalue weighted by atomic mass is 35.5. The van der Waals surface area contributed by atoms with Crippen LogP contribution in [0.3, 0.4) is 0 Å². The smallest absolute Gasteiger partial charge is 0.338 e. The lowest BCUT2D eigenvalue weighted by atomic mass is 10.2. The van der Waals surface area contributed by atoms with Gasteiger partial charge in [-0.15, -0.1) is 0 Å². The van der Waals surface area contributed by atoms with Gasteiger partial charge in [0, 0.05) is 11.1 Å². The Morgan fingerprint density at radius 3 is 2.42 bits per heavy atom. The largest absolute Gasteiger partial charge is 0.461 e. The molecule has 1 aromatic heterocycles. The fourth-order valence-electron chi connectivity index (χ4n) is 1.68. The molecule has 0 saturated carbocycles. The van der Waals surface area contributed by atoms with E-state index in [9.17, 15) is 23.3 Å². The van der Waals surface area contributed by atoms with Crippen LogP contribution in [0.2, 0.25) is 5.02 Å². The van der Waals surface area contributed by atoms with Crippen molar-refractivity contribution in [2.45, 2.75) is 5.03 Å². The number of pyridine rings is 1. The van der Waals surface area contributed by atoms with Gasteiger partial charge >= 0.3 is 5.97 Å². The molecular weight excluding hydrogens is 360 g/mol. The van der Waals surface area contributed by atoms with Gasteiger partial charge in [0.2, 0.25) is 0 Å². The van der Waals surface area contributed by atoms with Crippen LogP contribution in [0.1, 0.15) is 10.4 Å². The van der Waals surface area contributed by atoms with Crippen molar-refractivity contribution in [1.82, 2.24) is 4.98 Å². The Morgan fingerprint density at radius 1 is 1.21 bits per heavy atom. The Kier molecular flexibility index (Phi) is 5.47. The summed E-state index contributed by atoms with van der Waals surface area (Å²) in [5.74, 6) is -1.17. The number of carbonyl (C=O) groups is 1. The zero-order chi connectivity index (χ0) is 17.7. The Hall–Kier alpha value is -2.52. The van der Waals surface area contributed by atoms with Crippen LogP contribution in [-0.4, -0.2) is 36.7 Å². The van der Waals surface area contributed by atoms with Crippen molar-refractivity contribution < 1.29 is 22.9 Å². The number of ether oxygens (including phenoxy) is 1. The number of hydrogen-bond acceptors (Lipinski definition) is 7. The van der Waals surface area contributed by atoms with E-state index < -0.39 is 26.5 Å². The second-order valence-corrected chi connectivity index (χ2v) is 7.07. The van der Waals surface area contributed by atoms with Crippen molar-refractivity contribution in [2.24, 2.45) is 0 Å². The molecule has 0 aliphatic rings. The molecule has 126 valence electrons. The number of esters is 1. The van der Waals surface area contributed by atoms with Crippen molar-refractivity contribution in [1.29, 1.82) is 0 Å². The van der Waals surface area contributed by atoms with E-state index in [2.05, 4.69) is 4.98 Å². The fraction of sp³-hybridized carbons (Fsp3) is 0.143. The van der Waals surface area contributed by atoms with Gasteiger partial charge in [0.15, 0.2) is 14.9 Å². The minimum absolute atomic E-state index is 0.241. The number of benzene rings is 1. The van der Waals surface area contributed by atoms with Gasteiger partial charge in [-0.1, -0.05) is 11.6 Å². The zero-order valence-electron chi connectivity index (χ0n) is 12.1. The van der Waals surface area contributed by atoms with E-state index in [0.29, 0.717) is 5.02 Å². The number of halogens is 1. The van der Waals surface area contributed by atoms with Crippen LogP contribution in [0.25, 0.3) is 0 Å². The SMILES string of the molecule is O=C(OCCS(=O)(=O)c1ccc([N+](=O)[O-])cn1)c1ccc(Cl)cc1. The molecule has 0 aliphatic heterocycles. The number of aromatic nitrogens is 1. The molecule has 0 atom stereocenters. The number of hydrogen-bond donors (Lipinski definition) is 0. The van der Waals surface area contributed by atoms with E-state index in [0.717, 1.165) is 18.3 Å². The van der Waals surface area contributed by atoms with Gasteiger partial charge in [0.25, 0.3) is 5.69 Å². The fourth-order valence-corrected chi connectivity index (χ4v) is 2.81. The maximum atomic E-state index is 12.0. The average molecular weight is 371 g/mol. The Labute approximate surface area is 142 Å². The summed E-state index contributed by atoms with van der Waals surface area (Å²) in [4.78, 5) is 25.1. The third kappa shape index (κ3) is 4.49. The van der Waals surface area contributed by atoms with E-state index in [4.69, 9.17) is 16.3 Å². The van der Waals surface area contributed by atoms with Crippen LogP contribution >= 0.6 is 11.6 Å². The highest BCUT2D eigenvalue weighted by Gasteiger charge is 2.19. The minimum Gasteiger partial charge on any atom is -0.461 e. The Balaban J connectivity index is 1.96. The van der Waals surface area contributed by atoms with Crippen molar-refractivity contribution in [3.63, 3.8) is 0 Å². The summed E-state index contributed by atoms with van der Waals surface area (Å²) in [7, 11) is -3.82. The van der Waals surface area contributed by atoms with Crippen molar-refractivity contribution in [3.05, 3.63) is 63.3 Å². The molecule has 0 bridgehead atoms. The van der Waals surface area contributed by atoms with Crippen molar-refractivity contribution in [3.8, 4) is 0 Å². The highest BCUT2D eigenvalue weighted by molar-refractivity contribution is 7.91. The summed E-state index contributed by atoms with van der Waals surface area (Å²) >= 11 is 5.70. The molecule has 0 unspecified atom stereocenters. The van der Waals surface area contributed by atoms with Crippen LogP contribution in [0.4, 0.5) is 5.69 Å². The predicted octanol–water partition coefficient (Wildman–Crippen LogP) is 2.27. The monoisotopic (exact) mass is 370 g/mol. The number of nitrogens with zero attached hydrogens (tertiary/aromatic N) is 2. The van der Waals surface area contributed by atoms with Crippen LogP contribution in [0.15, 0.2) is 47.6 Å². The zero-order valence-corrected chi connectivity index (χ0v) is 13.7. The molecule has 0 aliphatic carbocycles. The number of rotatable bonds is 6. The topological polar surface area (TPSA) is 116 Å². The van der Waals surface area contributed by atoms with Gasteiger partial charge < -0.3 is 4.74 Å². The van der Waals surface area contributed by atoms with Crippen LogP contribution < -0.4 is 0 Å². The summed E-state index contributed by atoms with van der Waals surface area (Å²) < 4.78 is 29.0. The first-order valence-electron chi connectivity index (χ1n) is 6.55. The van der Waals surface area contributed by atoms with Crippen molar-refractivity contribution >= 4 is 33.1 Å². The van der Waals surface area contributed by atoms with Gasteiger partial charge in [-0.3, -0.25) is 10.1 Å². The third-order valence-corrected chi connectivity index (χ3v) is 4.75. The van der Waals surface area contributed by atoms with E-state index in [1.807, 2.05) is 0 Å². The molecule has 0 saturated heterocycles. The molecule has 0 amide bonds. The number of sulfone groups is 1. The first kappa shape index (κ1) is 17.8. The Bertz CT molecular complexity index is 850. The molecule has 0 spiro atoms. The van der Waals surface area contributed by atoms with Crippen LogP contribution in [0, 0.1) is 10.1 Å². The summed E-state index contributed by atoms with van der Waals surface area (Å²) in [5, 5.41) is 10.6. The lowest BCUT2D eigenvalue weighted by Gasteiger charge is -2.06. The van der Waals surface area contributed by atoms with Crippen LogP contribution in [0.5, 0.6) is 0 Å². The second kappa shape index (κ2) is 7.37. The maximum Gasteiger partial charge on any atom is 0.338 e. The normalized spacial score (nSPS) is 11.0. The molecular formula is C14H11ClN2O6S. The third-order valence-electron chi connectivity index (χ3n) is 2.92.